The van der Waals surface area contributed by atoms with Crippen LogP contribution >= 0.6 is 0 Å². The SMILES string of the molecule is CN(C)[C@H]1CCC=C[C@H](O)C1. The summed E-state index contributed by atoms with van der Waals surface area (Å²) >= 11 is 0. The highest BCUT2D eigenvalue weighted by atomic mass is 16.3. The molecule has 1 rings (SSSR count). The van der Waals surface area contributed by atoms with E-state index in [2.05, 4.69) is 25.1 Å². The second-order valence-corrected chi connectivity index (χ2v) is 3.43. The van der Waals surface area contributed by atoms with Crippen molar-refractivity contribution in [1.29, 1.82) is 0 Å². The normalized spacial score (nSPS) is 32.4. The van der Waals surface area contributed by atoms with E-state index in [1.165, 1.54) is 6.42 Å². The summed E-state index contributed by atoms with van der Waals surface area (Å²) in [6.07, 6.45) is 6.90. The zero-order chi connectivity index (χ0) is 8.27. The highest BCUT2D eigenvalue weighted by Gasteiger charge is 2.16. The maximum atomic E-state index is 9.40. The molecule has 0 aromatic rings. The Bertz CT molecular complexity index is 142. The molecule has 0 saturated heterocycles. The third-order valence-electron chi connectivity index (χ3n) is 2.27. The van der Waals surface area contributed by atoms with Crippen molar-refractivity contribution in [3.05, 3.63) is 12.2 Å². The molecule has 0 aromatic carbocycles. The number of allylic oxidation sites excluding steroid dienone is 1. The van der Waals surface area contributed by atoms with Gasteiger partial charge in [-0.2, -0.15) is 0 Å². The van der Waals surface area contributed by atoms with Crippen LogP contribution in [0.15, 0.2) is 12.2 Å². The molecule has 0 saturated carbocycles. The van der Waals surface area contributed by atoms with Gasteiger partial charge in [0.15, 0.2) is 0 Å². The zero-order valence-electron chi connectivity index (χ0n) is 7.33. The monoisotopic (exact) mass is 155 g/mol. The van der Waals surface area contributed by atoms with Gasteiger partial charge in [-0.15, -0.1) is 0 Å². The summed E-state index contributed by atoms with van der Waals surface area (Å²) in [4.78, 5) is 2.19. The van der Waals surface area contributed by atoms with Crippen LogP contribution in [0.1, 0.15) is 19.3 Å². The quantitative estimate of drug-likeness (QED) is 0.571. The van der Waals surface area contributed by atoms with Gasteiger partial charge in [-0.25, -0.2) is 0 Å². The van der Waals surface area contributed by atoms with Crippen LogP contribution in [0.4, 0.5) is 0 Å². The molecule has 64 valence electrons. The Morgan fingerprint density at radius 3 is 2.82 bits per heavy atom. The van der Waals surface area contributed by atoms with E-state index in [4.69, 9.17) is 0 Å². The minimum Gasteiger partial charge on any atom is -0.389 e. The molecule has 11 heavy (non-hydrogen) atoms. The van der Waals surface area contributed by atoms with Crippen LogP contribution in [-0.2, 0) is 0 Å². The first-order valence-corrected chi connectivity index (χ1v) is 4.21. The first-order chi connectivity index (χ1) is 5.20. The number of hydrogen-bond acceptors (Lipinski definition) is 2. The standard InChI is InChI=1S/C9H17NO/c1-10(2)8-5-3-4-6-9(11)7-8/h4,6,8-9,11H,3,5,7H2,1-2H3/t8-,9-/m0/s1. The van der Waals surface area contributed by atoms with Gasteiger partial charge in [0.25, 0.3) is 0 Å². The van der Waals surface area contributed by atoms with Crippen LogP contribution in [-0.4, -0.2) is 36.2 Å². The molecule has 0 spiro atoms. The highest BCUT2D eigenvalue weighted by Crippen LogP contribution is 2.15. The van der Waals surface area contributed by atoms with Gasteiger partial charge in [-0.3, -0.25) is 0 Å². The minimum absolute atomic E-state index is 0.232. The third-order valence-corrected chi connectivity index (χ3v) is 2.27. The molecule has 0 aliphatic heterocycles. The van der Waals surface area contributed by atoms with Gasteiger partial charge in [0, 0.05) is 6.04 Å². The fourth-order valence-electron chi connectivity index (χ4n) is 1.49. The lowest BCUT2D eigenvalue weighted by atomic mass is 10.1. The van der Waals surface area contributed by atoms with Crippen LogP contribution < -0.4 is 0 Å². The van der Waals surface area contributed by atoms with Crippen LogP contribution in [0, 0.1) is 0 Å². The maximum Gasteiger partial charge on any atom is 0.0735 e. The molecule has 0 amide bonds. The summed E-state index contributed by atoms with van der Waals surface area (Å²) in [6.45, 7) is 0. The van der Waals surface area contributed by atoms with Gasteiger partial charge in [0.05, 0.1) is 6.10 Å². The average Bonchev–Trinajstić information content (AvgIpc) is 2.13. The van der Waals surface area contributed by atoms with Crippen LogP contribution in [0.3, 0.4) is 0 Å². The van der Waals surface area contributed by atoms with Gasteiger partial charge in [0.1, 0.15) is 0 Å². The van der Waals surface area contributed by atoms with Gasteiger partial charge in [-0.1, -0.05) is 12.2 Å². The van der Waals surface area contributed by atoms with E-state index < -0.39 is 0 Å². The third kappa shape index (κ3) is 2.64. The maximum absolute atomic E-state index is 9.40. The summed E-state index contributed by atoms with van der Waals surface area (Å²) in [5.41, 5.74) is 0. The molecule has 0 radical (unpaired) electrons. The molecule has 2 heteroatoms. The highest BCUT2D eigenvalue weighted by molar-refractivity contribution is 4.95. The predicted molar refractivity (Wildman–Crippen MR) is 46.5 cm³/mol. The van der Waals surface area contributed by atoms with E-state index in [1.54, 1.807) is 0 Å². The molecule has 0 unspecified atom stereocenters. The van der Waals surface area contributed by atoms with Crippen molar-refractivity contribution in [2.24, 2.45) is 0 Å². The summed E-state index contributed by atoms with van der Waals surface area (Å²) in [6, 6.07) is 0.542. The van der Waals surface area contributed by atoms with Crippen molar-refractivity contribution >= 4 is 0 Å². The van der Waals surface area contributed by atoms with Gasteiger partial charge < -0.3 is 10.0 Å². The Kier molecular flexibility index (Phi) is 3.09. The van der Waals surface area contributed by atoms with Crippen molar-refractivity contribution < 1.29 is 5.11 Å². The lowest BCUT2D eigenvalue weighted by Gasteiger charge is -2.23. The number of hydrogen-bond donors (Lipinski definition) is 1. The lowest BCUT2D eigenvalue weighted by molar-refractivity contribution is 0.159. The van der Waals surface area contributed by atoms with Crippen molar-refractivity contribution in [1.82, 2.24) is 4.90 Å². The number of nitrogens with zero attached hydrogens (tertiary/aromatic N) is 1. The molecule has 0 aromatic heterocycles. The largest absolute Gasteiger partial charge is 0.389 e. The molecule has 2 nitrogen and oxygen atoms in total. The molecule has 1 N–H and O–H groups in total. The predicted octanol–water partition coefficient (Wildman–Crippen LogP) is 1.02. The van der Waals surface area contributed by atoms with E-state index in [-0.39, 0.29) is 6.10 Å². The summed E-state index contributed by atoms with van der Waals surface area (Å²) in [7, 11) is 4.14. The zero-order valence-corrected chi connectivity index (χ0v) is 7.33. The van der Waals surface area contributed by atoms with E-state index in [1.807, 2.05) is 6.08 Å². The summed E-state index contributed by atoms with van der Waals surface area (Å²) < 4.78 is 0. The number of aliphatic hydroxyl groups is 1. The van der Waals surface area contributed by atoms with Crippen LogP contribution in [0.5, 0.6) is 0 Å². The van der Waals surface area contributed by atoms with Gasteiger partial charge in [-0.05, 0) is 33.4 Å². The molecule has 0 fully saturated rings. The van der Waals surface area contributed by atoms with Gasteiger partial charge >= 0.3 is 0 Å². The van der Waals surface area contributed by atoms with Gasteiger partial charge in [0.2, 0.25) is 0 Å². The van der Waals surface area contributed by atoms with Crippen molar-refractivity contribution in [2.45, 2.75) is 31.4 Å². The van der Waals surface area contributed by atoms with E-state index in [0.717, 1.165) is 12.8 Å². The van der Waals surface area contributed by atoms with Crippen LogP contribution in [0.25, 0.3) is 0 Å². The lowest BCUT2D eigenvalue weighted by Crippen LogP contribution is -2.30. The fourth-order valence-corrected chi connectivity index (χ4v) is 1.49. The van der Waals surface area contributed by atoms with E-state index in [9.17, 15) is 5.11 Å². The Hall–Kier alpha value is -0.340. The summed E-state index contributed by atoms with van der Waals surface area (Å²) in [5.74, 6) is 0. The molecule has 1 aliphatic carbocycles. The van der Waals surface area contributed by atoms with Crippen LogP contribution in [0.2, 0.25) is 0 Å². The molecule has 0 bridgehead atoms. The molecule has 2 atom stereocenters. The topological polar surface area (TPSA) is 23.5 Å². The smallest absolute Gasteiger partial charge is 0.0735 e. The van der Waals surface area contributed by atoms with Crippen molar-refractivity contribution in [3.8, 4) is 0 Å². The van der Waals surface area contributed by atoms with E-state index >= 15 is 0 Å². The van der Waals surface area contributed by atoms with E-state index in [0.29, 0.717) is 6.04 Å². The minimum atomic E-state index is -0.232. The Labute approximate surface area is 68.5 Å². The van der Waals surface area contributed by atoms with Crippen molar-refractivity contribution in [2.75, 3.05) is 14.1 Å². The fraction of sp³-hybridized carbons (Fsp3) is 0.778. The molecule has 0 heterocycles. The number of aliphatic hydroxyl groups excluding tert-OH is 1. The first kappa shape index (κ1) is 8.75. The Morgan fingerprint density at radius 2 is 2.18 bits per heavy atom. The molecular formula is C9H17NO. The Balaban J connectivity index is 2.45. The second kappa shape index (κ2) is 3.88. The second-order valence-electron chi connectivity index (χ2n) is 3.43. The molecule has 1 aliphatic rings. The van der Waals surface area contributed by atoms with Crippen molar-refractivity contribution in [3.63, 3.8) is 0 Å². The molecular weight excluding hydrogens is 138 g/mol. The Morgan fingerprint density at radius 1 is 1.45 bits per heavy atom. The number of rotatable bonds is 1. The summed E-state index contributed by atoms with van der Waals surface area (Å²) in [5, 5.41) is 9.40. The first-order valence-electron chi connectivity index (χ1n) is 4.21. The average molecular weight is 155 g/mol.